The highest BCUT2D eigenvalue weighted by Crippen LogP contribution is 2.30. The average Bonchev–Trinajstić information content (AvgIpc) is 2.17. The number of carbonyl (C=O) groups is 2. The quantitative estimate of drug-likeness (QED) is 0.762. The van der Waals surface area contributed by atoms with E-state index >= 15 is 0 Å². The number of hydrogen-bond donors (Lipinski definition) is 1. The molecule has 0 aromatic heterocycles. The van der Waals surface area contributed by atoms with Crippen LogP contribution in [0.3, 0.4) is 0 Å². The molecule has 1 N–H and O–H groups in total. The van der Waals surface area contributed by atoms with Gasteiger partial charge in [-0.05, 0) is 19.3 Å². The Morgan fingerprint density at radius 2 is 1.87 bits per heavy atom. The van der Waals surface area contributed by atoms with Crippen LogP contribution < -0.4 is 0 Å². The van der Waals surface area contributed by atoms with Gasteiger partial charge in [-0.25, -0.2) is 0 Å². The number of carbonyl (C=O) groups excluding carboxylic acids is 1. The third kappa shape index (κ3) is 4.45. The molecular formula is C12H20O3. The molecule has 3 nitrogen and oxygen atoms in total. The first kappa shape index (κ1) is 12.2. The van der Waals surface area contributed by atoms with Gasteiger partial charge in [0.1, 0.15) is 5.78 Å². The maximum atomic E-state index is 11.3. The maximum absolute atomic E-state index is 11.3. The van der Waals surface area contributed by atoms with Crippen LogP contribution in [0.25, 0.3) is 0 Å². The van der Waals surface area contributed by atoms with Gasteiger partial charge in [0.05, 0.1) is 6.42 Å². The molecule has 0 radical (unpaired) electrons. The van der Waals surface area contributed by atoms with E-state index in [4.69, 9.17) is 5.11 Å². The van der Waals surface area contributed by atoms with Crippen molar-refractivity contribution in [2.75, 3.05) is 0 Å². The molecule has 1 unspecified atom stereocenters. The zero-order valence-electron chi connectivity index (χ0n) is 9.37. The molecule has 0 aromatic carbocycles. The van der Waals surface area contributed by atoms with Crippen molar-refractivity contribution >= 4 is 11.8 Å². The molecule has 1 rings (SSSR count). The molecule has 1 fully saturated rings. The van der Waals surface area contributed by atoms with E-state index in [1.54, 1.807) is 0 Å². The average molecular weight is 212 g/mol. The first-order valence-corrected chi connectivity index (χ1v) is 5.82. The van der Waals surface area contributed by atoms with Gasteiger partial charge in [0, 0.05) is 5.92 Å². The fourth-order valence-corrected chi connectivity index (χ4v) is 2.43. The molecule has 0 saturated heterocycles. The Bertz CT molecular complexity index is 229. The Morgan fingerprint density at radius 1 is 1.27 bits per heavy atom. The van der Waals surface area contributed by atoms with E-state index in [9.17, 15) is 9.59 Å². The molecule has 0 bridgehead atoms. The van der Waals surface area contributed by atoms with Gasteiger partial charge in [0.2, 0.25) is 0 Å². The smallest absolute Gasteiger partial charge is 0.304 e. The van der Waals surface area contributed by atoms with Crippen molar-refractivity contribution in [3.63, 3.8) is 0 Å². The predicted molar refractivity (Wildman–Crippen MR) is 57.6 cm³/mol. The number of rotatable bonds is 5. The topological polar surface area (TPSA) is 54.4 Å². The van der Waals surface area contributed by atoms with Crippen LogP contribution in [0.5, 0.6) is 0 Å². The van der Waals surface area contributed by atoms with Gasteiger partial charge in [-0.1, -0.05) is 32.1 Å². The molecule has 0 amide bonds. The number of aliphatic carboxylic acids is 1. The molecule has 1 saturated carbocycles. The Morgan fingerprint density at radius 3 is 2.33 bits per heavy atom. The van der Waals surface area contributed by atoms with Gasteiger partial charge < -0.3 is 5.11 Å². The van der Waals surface area contributed by atoms with Crippen LogP contribution in [0.1, 0.15) is 51.9 Å². The van der Waals surface area contributed by atoms with E-state index in [1.165, 1.54) is 39.0 Å². The molecule has 15 heavy (non-hydrogen) atoms. The largest absolute Gasteiger partial charge is 0.481 e. The SMILES string of the molecule is CC(=O)C(CC(=O)O)CC1CCCCC1. The van der Waals surface area contributed by atoms with Crippen molar-refractivity contribution < 1.29 is 14.7 Å². The fourth-order valence-electron chi connectivity index (χ4n) is 2.43. The van der Waals surface area contributed by atoms with Crippen molar-refractivity contribution in [2.45, 2.75) is 51.9 Å². The highest BCUT2D eigenvalue weighted by molar-refractivity contribution is 5.82. The summed E-state index contributed by atoms with van der Waals surface area (Å²) < 4.78 is 0. The van der Waals surface area contributed by atoms with Gasteiger partial charge >= 0.3 is 5.97 Å². The van der Waals surface area contributed by atoms with Gasteiger partial charge in [-0.3, -0.25) is 9.59 Å². The molecule has 0 heterocycles. The van der Waals surface area contributed by atoms with Crippen molar-refractivity contribution in [1.82, 2.24) is 0 Å². The van der Waals surface area contributed by atoms with Crippen molar-refractivity contribution in [1.29, 1.82) is 0 Å². The minimum absolute atomic E-state index is 0.00579. The Hall–Kier alpha value is -0.860. The highest BCUT2D eigenvalue weighted by atomic mass is 16.4. The molecule has 1 atom stereocenters. The van der Waals surface area contributed by atoms with Gasteiger partial charge in [0.15, 0.2) is 0 Å². The Kier molecular flexibility index (Phi) is 4.79. The first-order valence-electron chi connectivity index (χ1n) is 5.82. The van der Waals surface area contributed by atoms with E-state index in [2.05, 4.69) is 0 Å². The third-order valence-corrected chi connectivity index (χ3v) is 3.34. The summed E-state index contributed by atoms with van der Waals surface area (Å²) in [6.07, 6.45) is 6.89. The Balaban J connectivity index is 2.42. The van der Waals surface area contributed by atoms with Crippen LogP contribution >= 0.6 is 0 Å². The molecule has 3 heteroatoms. The van der Waals surface area contributed by atoms with E-state index in [0.717, 1.165) is 6.42 Å². The second-order valence-electron chi connectivity index (χ2n) is 4.65. The summed E-state index contributed by atoms with van der Waals surface area (Å²) in [5.74, 6) is -0.508. The lowest BCUT2D eigenvalue weighted by atomic mass is 9.81. The molecule has 86 valence electrons. The first-order chi connectivity index (χ1) is 7.09. The standard InChI is InChI=1S/C12H20O3/c1-9(13)11(8-12(14)15)7-10-5-3-2-4-6-10/h10-11H,2-8H2,1H3,(H,14,15). The normalized spacial score (nSPS) is 19.8. The maximum Gasteiger partial charge on any atom is 0.304 e. The summed E-state index contributed by atoms with van der Waals surface area (Å²) in [6.45, 7) is 1.51. The number of carboxylic acid groups (broad SMARTS) is 1. The Labute approximate surface area is 90.9 Å². The van der Waals surface area contributed by atoms with E-state index in [1.807, 2.05) is 0 Å². The minimum Gasteiger partial charge on any atom is -0.481 e. The van der Waals surface area contributed by atoms with Gasteiger partial charge in [-0.15, -0.1) is 0 Å². The second kappa shape index (κ2) is 5.89. The van der Waals surface area contributed by atoms with E-state index in [-0.39, 0.29) is 18.1 Å². The number of ketones is 1. The molecule has 0 spiro atoms. The zero-order chi connectivity index (χ0) is 11.3. The number of carboxylic acids is 1. The highest BCUT2D eigenvalue weighted by Gasteiger charge is 2.23. The van der Waals surface area contributed by atoms with E-state index < -0.39 is 5.97 Å². The summed E-state index contributed by atoms with van der Waals surface area (Å²) in [5, 5.41) is 8.71. The van der Waals surface area contributed by atoms with Crippen molar-refractivity contribution in [3.8, 4) is 0 Å². The molecule has 1 aliphatic rings. The second-order valence-corrected chi connectivity index (χ2v) is 4.65. The predicted octanol–water partition coefficient (Wildman–Crippen LogP) is 2.64. The van der Waals surface area contributed by atoms with Crippen LogP contribution in [-0.4, -0.2) is 16.9 Å². The van der Waals surface area contributed by atoms with E-state index in [0.29, 0.717) is 5.92 Å². The van der Waals surface area contributed by atoms with Crippen LogP contribution in [0.15, 0.2) is 0 Å². The van der Waals surface area contributed by atoms with Crippen LogP contribution in [0, 0.1) is 11.8 Å². The third-order valence-electron chi connectivity index (χ3n) is 3.34. The summed E-state index contributed by atoms with van der Waals surface area (Å²) >= 11 is 0. The molecule has 1 aliphatic carbocycles. The summed E-state index contributed by atoms with van der Waals surface area (Å²) in [6, 6.07) is 0. The monoisotopic (exact) mass is 212 g/mol. The molecule has 0 aliphatic heterocycles. The number of Topliss-reactive ketones (excluding diaryl/α,β-unsaturated/α-hetero) is 1. The lowest BCUT2D eigenvalue weighted by molar-refractivity contribution is -0.140. The zero-order valence-corrected chi connectivity index (χ0v) is 9.37. The summed E-state index contributed by atoms with van der Waals surface area (Å²) in [4.78, 5) is 21.9. The van der Waals surface area contributed by atoms with Gasteiger partial charge in [-0.2, -0.15) is 0 Å². The lowest BCUT2D eigenvalue weighted by Crippen LogP contribution is -2.20. The van der Waals surface area contributed by atoms with Gasteiger partial charge in [0.25, 0.3) is 0 Å². The van der Waals surface area contributed by atoms with Crippen LogP contribution in [-0.2, 0) is 9.59 Å². The molecule has 0 aromatic rings. The minimum atomic E-state index is -0.856. The number of hydrogen-bond acceptors (Lipinski definition) is 2. The van der Waals surface area contributed by atoms with Crippen molar-refractivity contribution in [3.05, 3.63) is 0 Å². The van der Waals surface area contributed by atoms with Crippen molar-refractivity contribution in [2.24, 2.45) is 11.8 Å². The lowest BCUT2D eigenvalue weighted by Gasteiger charge is -2.24. The van der Waals surface area contributed by atoms with Crippen LogP contribution in [0.4, 0.5) is 0 Å². The summed E-state index contributed by atoms with van der Waals surface area (Å²) in [5.41, 5.74) is 0. The molecular weight excluding hydrogens is 192 g/mol. The fraction of sp³-hybridized carbons (Fsp3) is 0.833. The summed E-state index contributed by atoms with van der Waals surface area (Å²) in [7, 11) is 0. The van der Waals surface area contributed by atoms with Crippen LogP contribution in [0.2, 0.25) is 0 Å².